The van der Waals surface area contributed by atoms with Crippen molar-refractivity contribution < 1.29 is 9.13 Å². The van der Waals surface area contributed by atoms with E-state index in [2.05, 4.69) is 0 Å². The first-order chi connectivity index (χ1) is 9.06. The summed E-state index contributed by atoms with van der Waals surface area (Å²) in [6.07, 6.45) is 0. The summed E-state index contributed by atoms with van der Waals surface area (Å²) in [5, 5.41) is 0. The second-order valence-corrected chi connectivity index (χ2v) is 4.71. The number of halogens is 1. The van der Waals surface area contributed by atoms with Gasteiger partial charge in [0.1, 0.15) is 23.2 Å². The fourth-order valence-corrected chi connectivity index (χ4v) is 1.74. The van der Waals surface area contributed by atoms with Crippen LogP contribution in [-0.4, -0.2) is 4.99 Å². The Balaban J connectivity index is 2.07. The average molecular weight is 275 g/mol. The monoisotopic (exact) mass is 275 g/mol. The number of aryl methyl sites for hydroxylation is 1. The lowest BCUT2D eigenvalue weighted by Crippen LogP contribution is -2.10. The van der Waals surface area contributed by atoms with E-state index in [1.807, 2.05) is 31.2 Å². The highest BCUT2D eigenvalue weighted by Gasteiger charge is 2.06. The first-order valence-electron chi connectivity index (χ1n) is 5.84. The average Bonchev–Trinajstić information content (AvgIpc) is 2.39. The Hall–Kier alpha value is -1.94. The van der Waals surface area contributed by atoms with Crippen molar-refractivity contribution in [1.29, 1.82) is 0 Å². The Labute approximate surface area is 117 Å². The van der Waals surface area contributed by atoms with E-state index >= 15 is 0 Å². The van der Waals surface area contributed by atoms with E-state index in [1.165, 1.54) is 6.07 Å². The predicted octanol–water partition coefficient (Wildman–Crippen LogP) is 3.35. The van der Waals surface area contributed by atoms with Crippen molar-refractivity contribution in [2.75, 3.05) is 0 Å². The van der Waals surface area contributed by atoms with Crippen LogP contribution in [0.4, 0.5) is 4.39 Å². The van der Waals surface area contributed by atoms with Crippen LogP contribution in [0.1, 0.15) is 16.7 Å². The van der Waals surface area contributed by atoms with Gasteiger partial charge in [0.25, 0.3) is 0 Å². The Kier molecular flexibility index (Phi) is 4.12. The third-order valence-electron chi connectivity index (χ3n) is 2.75. The number of hydrogen-bond donors (Lipinski definition) is 1. The Morgan fingerprint density at radius 3 is 2.47 bits per heavy atom. The molecule has 0 heterocycles. The summed E-state index contributed by atoms with van der Waals surface area (Å²) in [6.45, 7) is 2.17. The van der Waals surface area contributed by atoms with E-state index in [4.69, 9.17) is 22.7 Å². The molecule has 0 fully saturated rings. The topological polar surface area (TPSA) is 35.2 Å². The highest BCUT2D eigenvalue weighted by atomic mass is 32.1. The molecule has 2 rings (SSSR count). The van der Waals surface area contributed by atoms with E-state index < -0.39 is 0 Å². The molecule has 0 aliphatic carbocycles. The number of nitrogens with two attached hydrogens (primary N) is 1. The molecule has 0 atom stereocenters. The van der Waals surface area contributed by atoms with Gasteiger partial charge in [-0.05, 0) is 25.1 Å². The van der Waals surface area contributed by atoms with Crippen LogP contribution in [0.25, 0.3) is 0 Å². The summed E-state index contributed by atoms with van der Waals surface area (Å²) >= 11 is 4.80. The molecule has 0 bridgehead atoms. The quantitative estimate of drug-likeness (QED) is 0.869. The molecule has 19 heavy (non-hydrogen) atoms. The summed E-state index contributed by atoms with van der Waals surface area (Å²) < 4.78 is 19.3. The third-order valence-corrected chi connectivity index (χ3v) is 2.99. The molecule has 0 aliphatic rings. The standard InChI is InChI=1S/C15H14FNOS/c1-10-2-6-13(7-3-10)18-9-12-5-4-11(15(17)19)8-14(12)16/h2-8H,9H2,1H3,(H2,17,19). The van der Waals surface area contributed by atoms with Crippen LogP contribution in [0.5, 0.6) is 5.75 Å². The zero-order chi connectivity index (χ0) is 13.8. The minimum atomic E-state index is -0.364. The Bertz CT molecular complexity index is 596. The van der Waals surface area contributed by atoms with Crippen LogP contribution in [0, 0.1) is 12.7 Å². The van der Waals surface area contributed by atoms with Crippen molar-refractivity contribution >= 4 is 17.2 Å². The first-order valence-corrected chi connectivity index (χ1v) is 6.25. The molecule has 2 N–H and O–H groups in total. The maximum atomic E-state index is 13.8. The second kappa shape index (κ2) is 5.80. The van der Waals surface area contributed by atoms with Gasteiger partial charge in [-0.2, -0.15) is 0 Å². The SMILES string of the molecule is Cc1ccc(OCc2ccc(C(N)=S)cc2F)cc1. The van der Waals surface area contributed by atoms with Crippen LogP contribution < -0.4 is 10.5 Å². The van der Waals surface area contributed by atoms with E-state index in [1.54, 1.807) is 12.1 Å². The number of benzene rings is 2. The number of ether oxygens (including phenoxy) is 1. The fourth-order valence-electron chi connectivity index (χ4n) is 1.61. The van der Waals surface area contributed by atoms with Crippen LogP contribution in [0.15, 0.2) is 42.5 Å². The largest absolute Gasteiger partial charge is 0.489 e. The van der Waals surface area contributed by atoms with Gasteiger partial charge in [-0.1, -0.05) is 42.0 Å². The molecule has 0 unspecified atom stereocenters. The lowest BCUT2D eigenvalue weighted by Gasteiger charge is -2.08. The lowest BCUT2D eigenvalue weighted by atomic mass is 10.1. The fraction of sp³-hybridized carbons (Fsp3) is 0.133. The van der Waals surface area contributed by atoms with Crippen molar-refractivity contribution in [2.24, 2.45) is 5.73 Å². The van der Waals surface area contributed by atoms with Crippen molar-refractivity contribution in [3.05, 3.63) is 65.0 Å². The van der Waals surface area contributed by atoms with E-state index in [0.29, 0.717) is 16.9 Å². The molecule has 2 nitrogen and oxygen atoms in total. The first kappa shape index (κ1) is 13.5. The van der Waals surface area contributed by atoms with Gasteiger partial charge in [0.2, 0.25) is 0 Å². The lowest BCUT2D eigenvalue weighted by molar-refractivity contribution is 0.300. The van der Waals surface area contributed by atoms with Gasteiger partial charge in [0.15, 0.2) is 0 Å². The summed E-state index contributed by atoms with van der Waals surface area (Å²) in [5.74, 6) is 0.348. The second-order valence-electron chi connectivity index (χ2n) is 4.27. The maximum absolute atomic E-state index is 13.8. The predicted molar refractivity (Wildman–Crippen MR) is 77.8 cm³/mol. The van der Waals surface area contributed by atoms with Crippen molar-refractivity contribution in [1.82, 2.24) is 0 Å². The molecule has 0 saturated carbocycles. The highest BCUT2D eigenvalue weighted by molar-refractivity contribution is 7.80. The molecule has 0 aliphatic heterocycles. The molecule has 0 radical (unpaired) electrons. The van der Waals surface area contributed by atoms with Gasteiger partial charge < -0.3 is 10.5 Å². The van der Waals surface area contributed by atoms with Crippen molar-refractivity contribution in [3.8, 4) is 5.75 Å². The molecule has 98 valence electrons. The van der Waals surface area contributed by atoms with Crippen LogP contribution in [-0.2, 0) is 6.61 Å². The summed E-state index contributed by atoms with van der Waals surface area (Å²) in [6, 6.07) is 12.3. The maximum Gasteiger partial charge on any atom is 0.130 e. The minimum Gasteiger partial charge on any atom is -0.489 e. The number of thiocarbonyl (C=S) groups is 1. The molecule has 0 amide bonds. The summed E-state index contributed by atoms with van der Waals surface area (Å²) in [7, 11) is 0. The number of rotatable bonds is 4. The van der Waals surface area contributed by atoms with E-state index in [-0.39, 0.29) is 17.4 Å². The number of hydrogen-bond acceptors (Lipinski definition) is 2. The van der Waals surface area contributed by atoms with Gasteiger partial charge in [-0.3, -0.25) is 0 Å². The Morgan fingerprint density at radius 1 is 1.21 bits per heavy atom. The van der Waals surface area contributed by atoms with Crippen LogP contribution in [0.3, 0.4) is 0 Å². The zero-order valence-corrected chi connectivity index (χ0v) is 11.3. The summed E-state index contributed by atoms with van der Waals surface area (Å²) in [5.41, 5.74) is 7.59. The van der Waals surface area contributed by atoms with E-state index in [0.717, 1.165) is 5.56 Å². The third kappa shape index (κ3) is 3.51. The molecule has 0 saturated heterocycles. The molecule has 4 heteroatoms. The molecule has 0 spiro atoms. The summed E-state index contributed by atoms with van der Waals surface area (Å²) in [4.78, 5) is 0.185. The zero-order valence-electron chi connectivity index (χ0n) is 10.5. The van der Waals surface area contributed by atoms with Gasteiger partial charge >= 0.3 is 0 Å². The van der Waals surface area contributed by atoms with Crippen LogP contribution >= 0.6 is 12.2 Å². The van der Waals surface area contributed by atoms with E-state index in [9.17, 15) is 4.39 Å². The molecule has 2 aromatic rings. The molecular formula is C15H14FNOS. The normalized spacial score (nSPS) is 10.2. The van der Waals surface area contributed by atoms with Gasteiger partial charge in [0.05, 0.1) is 0 Å². The molecular weight excluding hydrogens is 261 g/mol. The smallest absolute Gasteiger partial charge is 0.130 e. The highest BCUT2D eigenvalue weighted by Crippen LogP contribution is 2.16. The van der Waals surface area contributed by atoms with Gasteiger partial charge in [0, 0.05) is 11.1 Å². The van der Waals surface area contributed by atoms with Gasteiger partial charge in [-0.15, -0.1) is 0 Å². The van der Waals surface area contributed by atoms with Crippen molar-refractivity contribution in [3.63, 3.8) is 0 Å². The van der Waals surface area contributed by atoms with Crippen molar-refractivity contribution in [2.45, 2.75) is 13.5 Å². The van der Waals surface area contributed by atoms with Gasteiger partial charge in [-0.25, -0.2) is 4.39 Å². The minimum absolute atomic E-state index is 0.173. The Morgan fingerprint density at radius 2 is 1.89 bits per heavy atom. The molecule has 2 aromatic carbocycles. The van der Waals surface area contributed by atoms with Crippen LogP contribution in [0.2, 0.25) is 0 Å². The molecule has 0 aromatic heterocycles.